The van der Waals surface area contributed by atoms with Crippen LogP contribution in [0, 0.1) is 5.92 Å². The van der Waals surface area contributed by atoms with Crippen molar-refractivity contribution in [3.05, 3.63) is 16.1 Å². The van der Waals surface area contributed by atoms with Gasteiger partial charge >= 0.3 is 0 Å². The van der Waals surface area contributed by atoms with Crippen molar-refractivity contribution < 1.29 is 4.74 Å². The summed E-state index contributed by atoms with van der Waals surface area (Å²) in [4.78, 5) is 12.4. The van der Waals surface area contributed by atoms with Crippen LogP contribution in [-0.4, -0.2) is 49.7 Å². The van der Waals surface area contributed by atoms with Crippen LogP contribution < -0.4 is 5.32 Å². The van der Waals surface area contributed by atoms with Crippen LogP contribution >= 0.6 is 11.3 Å². The first kappa shape index (κ1) is 17.2. The Labute approximate surface area is 137 Å². The molecule has 2 rings (SSSR count). The predicted octanol–water partition coefficient (Wildman–Crippen LogP) is 2.53. The van der Waals surface area contributed by atoms with E-state index in [1.165, 1.54) is 24.1 Å². The zero-order valence-corrected chi connectivity index (χ0v) is 14.8. The van der Waals surface area contributed by atoms with Crippen LogP contribution in [0.1, 0.15) is 36.1 Å². The lowest BCUT2D eigenvalue weighted by molar-refractivity contribution is 0.0625. The van der Waals surface area contributed by atoms with Gasteiger partial charge in [0.05, 0.1) is 6.54 Å². The van der Waals surface area contributed by atoms with E-state index in [4.69, 9.17) is 4.74 Å². The average Bonchev–Trinajstić information content (AvgIpc) is 3.02. The van der Waals surface area contributed by atoms with E-state index in [1.54, 1.807) is 11.3 Å². The first-order chi connectivity index (χ1) is 10.7. The van der Waals surface area contributed by atoms with E-state index >= 15 is 0 Å². The van der Waals surface area contributed by atoms with Crippen molar-refractivity contribution in [3.63, 3.8) is 0 Å². The summed E-state index contributed by atoms with van der Waals surface area (Å²) in [6.07, 6.45) is 6.62. The molecular weight excluding hydrogens is 296 g/mol. The number of aliphatic imine (C=N–C) groups is 1. The summed E-state index contributed by atoms with van der Waals surface area (Å²) < 4.78 is 5.42. The largest absolute Gasteiger partial charge is 0.381 e. The van der Waals surface area contributed by atoms with Crippen LogP contribution in [0.4, 0.5) is 0 Å². The molecule has 5 nitrogen and oxygen atoms in total. The molecule has 0 saturated carbocycles. The van der Waals surface area contributed by atoms with Gasteiger partial charge in [-0.1, -0.05) is 6.92 Å². The highest BCUT2D eigenvalue weighted by atomic mass is 32.1. The topological polar surface area (TPSA) is 49.8 Å². The van der Waals surface area contributed by atoms with E-state index in [0.717, 1.165) is 49.6 Å². The molecule has 6 heteroatoms. The van der Waals surface area contributed by atoms with E-state index in [2.05, 4.69) is 34.2 Å². The highest BCUT2D eigenvalue weighted by Gasteiger charge is 2.15. The molecule has 1 aromatic rings. The number of aryl methyl sites for hydroxylation is 1. The number of ether oxygens (including phenoxy) is 1. The van der Waals surface area contributed by atoms with E-state index in [-0.39, 0.29) is 0 Å². The molecule has 0 bridgehead atoms. The normalized spacial score (nSPS) is 16.8. The standard InChI is InChI=1S/C16H28N4OS/c1-4-14-11-18-15(22-14)12-19-16(17-2)20(3)8-5-13-6-9-21-10-7-13/h11,13H,4-10,12H2,1-3H3,(H,17,19). The van der Waals surface area contributed by atoms with Crippen molar-refractivity contribution in [2.24, 2.45) is 10.9 Å². The van der Waals surface area contributed by atoms with Gasteiger partial charge in [0.15, 0.2) is 5.96 Å². The van der Waals surface area contributed by atoms with Crippen LogP contribution in [0.3, 0.4) is 0 Å². The maximum atomic E-state index is 5.42. The van der Waals surface area contributed by atoms with Crippen molar-refractivity contribution >= 4 is 17.3 Å². The SMILES string of the molecule is CCc1cnc(CNC(=NC)N(C)CCC2CCOCC2)s1. The van der Waals surface area contributed by atoms with Crippen LogP contribution in [0.5, 0.6) is 0 Å². The monoisotopic (exact) mass is 324 g/mol. The summed E-state index contributed by atoms with van der Waals surface area (Å²) in [5.41, 5.74) is 0. The van der Waals surface area contributed by atoms with Crippen molar-refractivity contribution in [2.45, 2.75) is 39.2 Å². The van der Waals surface area contributed by atoms with Gasteiger partial charge in [0.25, 0.3) is 0 Å². The fourth-order valence-electron chi connectivity index (χ4n) is 2.65. The molecule has 1 saturated heterocycles. The minimum atomic E-state index is 0.749. The minimum Gasteiger partial charge on any atom is -0.381 e. The Morgan fingerprint density at radius 2 is 2.27 bits per heavy atom. The molecule has 0 amide bonds. The summed E-state index contributed by atoms with van der Waals surface area (Å²) in [7, 11) is 3.95. The summed E-state index contributed by atoms with van der Waals surface area (Å²) in [5, 5.41) is 4.53. The van der Waals surface area contributed by atoms with Gasteiger partial charge in [-0.2, -0.15) is 0 Å². The fourth-order valence-corrected chi connectivity index (χ4v) is 3.45. The number of rotatable bonds is 6. The number of nitrogens with one attached hydrogen (secondary N) is 1. The molecule has 0 aromatic carbocycles. The van der Waals surface area contributed by atoms with Gasteiger partial charge in [0.1, 0.15) is 5.01 Å². The van der Waals surface area contributed by atoms with Gasteiger partial charge in [0, 0.05) is 44.9 Å². The van der Waals surface area contributed by atoms with E-state index in [0.29, 0.717) is 0 Å². The van der Waals surface area contributed by atoms with Gasteiger partial charge in [-0.05, 0) is 31.6 Å². The number of guanidine groups is 1. The van der Waals surface area contributed by atoms with Crippen molar-refractivity contribution in [3.8, 4) is 0 Å². The fraction of sp³-hybridized carbons (Fsp3) is 0.750. The maximum Gasteiger partial charge on any atom is 0.193 e. The average molecular weight is 324 g/mol. The predicted molar refractivity (Wildman–Crippen MR) is 92.5 cm³/mol. The quantitative estimate of drug-likeness (QED) is 0.645. The highest BCUT2D eigenvalue weighted by Crippen LogP contribution is 2.18. The first-order valence-corrected chi connectivity index (χ1v) is 8.97. The Morgan fingerprint density at radius 1 is 1.50 bits per heavy atom. The Morgan fingerprint density at radius 3 is 2.91 bits per heavy atom. The molecule has 0 spiro atoms. The molecule has 1 aliphatic rings. The van der Waals surface area contributed by atoms with Crippen LogP contribution in [0.2, 0.25) is 0 Å². The summed E-state index contributed by atoms with van der Waals surface area (Å²) in [6, 6.07) is 0. The highest BCUT2D eigenvalue weighted by molar-refractivity contribution is 7.11. The molecule has 124 valence electrons. The van der Waals surface area contributed by atoms with Gasteiger partial charge in [0.2, 0.25) is 0 Å². The molecule has 1 fully saturated rings. The molecule has 0 unspecified atom stereocenters. The lowest BCUT2D eigenvalue weighted by atomic mass is 9.96. The second-order valence-corrected chi connectivity index (χ2v) is 6.94. The Bertz CT molecular complexity index is 468. The Balaban J connectivity index is 1.74. The third kappa shape index (κ3) is 5.25. The molecule has 0 radical (unpaired) electrons. The lowest BCUT2D eigenvalue weighted by Crippen LogP contribution is -2.39. The van der Waals surface area contributed by atoms with Crippen molar-refractivity contribution in [1.29, 1.82) is 0 Å². The second kappa shape index (κ2) is 9.10. The molecule has 1 aromatic heterocycles. The van der Waals surface area contributed by atoms with Crippen molar-refractivity contribution in [2.75, 3.05) is 33.9 Å². The third-order valence-electron chi connectivity index (χ3n) is 4.13. The zero-order chi connectivity index (χ0) is 15.8. The lowest BCUT2D eigenvalue weighted by Gasteiger charge is -2.26. The number of nitrogens with zero attached hydrogens (tertiary/aromatic N) is 3. The molecule has 0 atom stereocenters. The van der Waals surface area contributed by atoms with Crippen LogP contribution in [0.15, 0.2) is 11.2 Å². The molecule has 1 aliphatic heterocycles. The van der Waals surface area contributed by atoms with E-state index in [1.807, 2.05) is 13.2 Å². The van der Waals surface area contributed by atoms with Crippen LogP contribution in [0.25, 0.3) is 0 Å². The van der Waals surface area contributed by atoms with Gasteiger partial charge < -0.3 is 15.0 Å². The summed E-state index contributed by atoms with van der Waals surface area (Å²) in [6.45, 7) is 5.78. The number of aromatic nitrogens is 1. The smallest absolute Gasteiger partial charge is 0.193 e. The summed E-state index contributed by atoms with van der Waals surface area (Å²) >= 11 is 1.77. The maximum absolute atomic E-state index is 5.42. The van der Waals surface area contributed by atoms with Gasteiger partial charge in [-0.25, -0.2) is 4.98 Å². The van der Waals surface area contributed by atoms with Crippen molar-refractivity contribution in [1.82, 2.24) is 15.2 Å². The third-order valence-corrected chi connectivity index (χ3v) is 5.28. The molecule has 0 aliphatic carbocycles. The van der Waals surface area contributed by atoms with E-state index in [9.17, 15) is 0 Å². The molecule has 22 heavy (non-hydrogen) atoms. The van der Waals surface area contributed by atoms with Crippen LogP contribution in [-0.2, 0) is 17.7 Å². The zero-order valence-electron chi connectivity index (χ0n) is 14.0. The van der Waals surface area contributed by atoms with Gasteiger partial charge in [-0.15, -0.1) is 11.3 Å². The Hall–Kier alpha value is -1.14. The molecule has 2 heterocycles. The number of hydrogen-bond donors (Lipinski definition) is 1. The minimum absolute atomic E-state index is 0.749. The van der Waals surface area contributed by atoms with E-state index < -0.39 is 0 Å². The van der Waals surface area contributed by atoms with Gasteiger partial charge in [-0.3, -0.25) is 4.99 Å². The Kier molecular flexibility index (Phi) is 7.12. The summed E-state index contributed by atoms with van der Waals surface area (Å²) in [5.74, 6) is 1.74. The first-order valence-electron chi connectivity index (χ1n) is 8.16. The number of hydrogen-bond acceptors (Lipinski definition) is 4. The molecule has 1 N–H and O–H groups in total. The second-order valence-electron chi connectivity index (χ2n) is 5.74. The molecular formula is C16H28N4OS. The number of thiazole rings is 1.